The van der Waals surface area contributed by atoms with E-state index in [2.05, 4.69) is 0 Å². The molecule has 0 unspecified atom stereocenters. The van der Waals surface area contributed by atoms with E-state index in [1.807, 2.05) is 6.92 Å². The van der Waals surface area contributed by atoms with Crippen molar-refractivity contribution < 1.29 is 14.8 Å². The van der Waals surface area contributed by atoms with Crippen molar-refractivity contribution in [3.05, 3.63) is 63.2 Å². The molecule has 0 fully saturated rings. The summed E-state index contributed by atoms with van der Waals surface area (Å²) in [4.78, 5) is 10.3. The largest absolute Gasteiger partial charge is 0.455 e. The summed E-state index contributed by atoms with van der Waals surface area (Å²) < 4.78 is 5.66. The van der Waals surface area contributed by atoms with Crippen molar-refractivity contribution in [1.29, 1.82) is 0 Å². The number of nitro benzene ring substituents is 1. The summed E-state index contributed by atoms with van der Waals surface area (Å²) in [6.45, 7) is 1.85. The van der Waals surface area contributed by atoms with E-state index in [9.17, 15) is 15.2 Å². The molecule has 0 aliphatic heterocycles. The Morgan fingerprint density at radius 2 is 2.00 bits per heavy atom. The molecule has 0 heterocycles. The highest BCUT2D eigenvalue weighted by molar-refractivity contribution is 6.32. The fourth-order valence-corrected chi connectivity index (χ4v) is 2.03. The van der Waals surface area contributed by atoms with Crippen LogP contribution in [0.2, 0.25) is 5.02 Å². The van der Waals surface area contributed by atoms with Gasteiger partial charge >= 0.3 is 0 Å². The van der Waals surface area contributed by atoms with Gasteiger partial charge < -0.3 is 9.84 Å². The minimum absolute atomic E-state index is 0.108. The lowest BCUT2D eigenvalue weighted by atomic mass is 10.1. The Balaban J connectivity index is 2.38. The molecule has 0 aliphatic rings. The molecule has 0 spiro atoms. The number of nitrogens with zero attached hydrogens (tertiary/aromatic N) is 1. The van der Waals surface area contributed by atoms with Crippen LogP contribution in [0.1, 0.15) is 25.0 Å². The Morgan fingerprint density at radius 3 is 2.67 bits per heavy atom. The number of aliphatic hydroxyl groups excluding tert-OH is 1. The molecular weight excluding hydrogens is 294 g/mol. The van der Waals surface area contributed by atoms with Crippen molar-refractivity contribution in [1.82, 2.24) is 0 Å². The first-order chi connectivity index (χ1) is 10.0. The third-order valence-electron chi connectivity index (χ3n) is 3.01. The fourth-order valence-electron chi connectivity index (χ4n) is 1.87. The van der Waals surface area contributed by atoms with E-state index < -0.39 is 11.0 Å². The number of ether oxygens (including phenoxy) is 1. The maximum atomic E-state index is 10.8. The smallest absolute Gasteiger partial charge is 0.273 e. The molecule has 1 N–H and O–H groups in total. The van der Waals surface area contributed by atoms with Crippen molar-refractivity contribution in [3.8, 4) is 11.5 Å². The molecule has 6 heteroatoms. The van der Waals surface area contributed by atoms with Gasteiger partial charge in [0.2, 0.25) is 0 Å². The van der Waals surface area contributed by atoms with Crippen molar-refractivity contribution in [3.63, 3.8) is 0 Å². The van der Waals surface area contributed by atoms with Gasteiger partial charge in [0.1, 0.15) is 5.75 Å². The number of rotatable bonds is 5. The minimum atomic E-state index is -0.668. The molecule has 0 aliphatic carbocycles. The van der Waals surface area contributed by atoms with E-state index >= 15 is 0 Å². The van der Waals surface area contributed by atoms with Gasteiger partial charge in [0, 0.05) is 11.6 Å². The number of hydrogen-bond donors (Lipinski definition) is 1. The molecule has 2 rings (SSSR count). The Bertz CT molecular complexity index is 660. The van der Waals surface area contributed by atoms with Crippen molar-refractivity contribution >= 4 is 17.3 Å². The summed E-state index contributed by atoms with van der Waals surface area (Å²) in [7, 11) is 0. The standard InChI is InChI=1S/C15H14ClNO4/c1-2-13(18)11-5-3-4-6-14(11)21-15-9-10(17(19)20)7-8-12(15)16/h3-9,13,18H,2H2,1H3/t13-/m1/s1. The number of benzene rings is 2. The molecule has 5 nitrogen and oxygen atoms in total. The van der Waals surface area contributed by atoms with Gasteiger partial charge in [0.05, 0.1) is 22.1 Å². The Kier molecular flexibility index (Phi) is 4.77. The van der Waals surface area contributed by atoms with Gasteiger partial charge in [-0.25, -0.2) is 0 Å². The van der Waals surface area contributed by atoms with Crippen LogP contribution in [-0.2, 0) is 0 Å². The molecule has 0 radical (unpaired) electrons. The van der Waals surface area contributed by atoms with Crippen LogP contribution >= 0.6 is 11.6 Å². The predicted octanol–water partition coefficient (Wildman–Crippen LogP) is 4.48. The van der Waals surface area contributed by atoms with E-state index in [0.29, 0.717) is 17.7 Å². The highest BCUT2D eigenvalue weighted by Gasteiger charge is 2.15. The summed E-state index contributed by atoms with van der Waals surface area (Å²) in [6, 6.07) is 11.0. The summed E-state index contributed by atoms with van der Waals surface area (Å²) in [5, 5.41) is 21.0. The number of nitro groups is 1. The zero-order chi connectivity index (χ0) is 15.4. The van der Waals surface area contributed by atoms with Gasteiger partial charge in [0.25, 0.3) is 5.69 Å². The van der Waals surface area contributed by atoms with Crippen molar-refractivity contribution in [2.45, 2.75) is 19.4 Å². The van der Waals surface area contributed by atoms with Crippen LogP contribution < -0.4 is 4.74 Å². The van der Waals surface area contributed by atoms with Crippen LogP contribution in [0.25, 0.3) is 0 Å². The highest BCUT2D eigenvalue weighted by atomic mass is 35.5. The third-order valence-corrected chi connectivity index (χ3v) is 3.32. The number of para-hydroxylation sites is 1. The maximum Gasteiger partial charge on any atom is 0.273 e. The predicted molar refractivity (Wildman–Crippen MR) is 79.9 cm³/mol. The maximum absolute atomic E-state index is 10.8. The van der Waals surface area contributed by atoms with Crippen molar-refractivity contribution in [2.24, 2.45) is 0 Å². The van der Waals surface area contributed by atoms with Crippen molar-refractivity contribution in [2.75, 3.05) is 0 Å². The first kappa shape index (κ1) is 15.3. The quantitative estimate of drug-likeness (QED) is 0.652. The molecule has 2 aromatic rings. The number of hydrogen-bond acceptors (Lipinski definition) is 4. The Hall–Kier alpha value is -2.11. The summed E-state index contributed by atoms with van der Waals surface area (Å²) in [5.41, 5.74) is 0.505. The SMILES string of the molecule is CC[C@@H](O)c1ccccc1Oc1cc([N+](=O)[O-])ccc1Cl. The van der Waals surface area contributed by atoms with Gasteiger partial charge in [-0.1, -0.05) is 36.7 Å². The minimum Gasteiger partial charge on any atom is -0.455 e. The van der Waals surface area contributed by atoms with Crippen LogP contribution in [0.4, 0.5) is 5.69 Å². The monoisotopic (exact) mass is 307 g/mol. The van der Waals surface area contributed by atoms with Gasteiger partial charge in [-0.2, -0.15) is 0 Å². The summed E-state index contributed by atoms with van der Waals surface area (Å²) >= 11 is 6.01. The molecule has 0 amide bonds. The molecule has 0 aromatic heterocycles. The highest BCUT2D eigenvalue weighted by Crippen LogP contribution is 2.36. The zero-order valence-corrected chi connectivity index (χ0v) is 12.1. The lowest BCUT2D eigenvalue weighted by Crippen LogP contribution is -1.99. The van der Waals surface area contributed by atoms with E-state index in [4.69, 9.17) is 16.3 Å². The molecule has 0 saturated heterocycles. The molecule has 110 valence electrons. The topological polar surface area (TPSA) is 72.6 Å². The fraction of sp³-hybridized carbons (Fsp3) is 0.200. The van der Waals surface area contributed by atoms with Crippen LogP contribution in [0, 0.1) is 10.1 Å². The van der Waals surface area contributed by atoms with Crippen LogP contribution in [-0.4, -0.2) is 10.0 Å². The average Bonchev–Trinajstić information content (AvgIpc) is 2.49. The van der Waals surface area contributed by atoms with E-state index in [-0.39, 0.29) is 16.5 Å². The number of halogens is 1. The zero-order valence-electron chi connectivity index (χ0n) is 11.3. The third kappa shape index (κ3) is 3.51. The normalized spacial score (nSPS) is 12.0. The molecule has 0 bridgehead atoms. The van der Waals surface area contributed by atoms with Crippen LogP contribution in [0.5, 0.6) is 11.5 Å². The lowest BCUT2D eigenvalue weighted by molar-refractivity contribution is -0.384. The second-order valence-electron chi connectivity index (χ2n) is 4.44. The second-order valence-corrected chi connectivity index (χ2v) is 4.84. The molecule has 21 heavy (non-hydrogen) atoms. The van der Waals surface area contributed by atoms with Gasteiger partial charge in [-0.05, 0) is 18.6 Å². The van der Waals surface area contributed by atoms with Gasteiger partial charge in [-0.15, -0.1) is 0 Å². The number of non-ortho nitro benzene ring substituents is 1. The lowest BCUT2D eigenvalue weighted by Gasteiger charge is -2.15. The first-order valence-corrected chi connectivity index (χ1v) is 6.79. The average molecular weight is 308 g/mol. The Morgan fingerprint density at radius 1 is 1.29 bits per heavy atom. The summed E-state index contributed by atoms with van der Waals surface area (Å²) in [5.74, 6) is 0.607. The summed E-state index contributed by atoms with van der Waals surface area (Å²) in [6.07, 6.45) is -0.137. The molecular formula is C15H14ClNO4. The van der Waals surface area contributed by atoms with E-state index in [0.717, 1.165) is 0 Å². The van der Waals surface area contributed by atoms with Gasteiger partial charge in [0.15, 0.2) is 5.75 Å². The van der Waals surface area contributed by atoms with E-state index in [1.54, 1.807) is 24.3 Å². The van der Waals surface area contributed by atoms with E-state index in [1.165, 1.54) is 18.2 Å². The molecule has 0 saturated carbocycles. The van der Waals surface area contributed by atoms with Crippen LogP contribution in [0.3, 0.4) is 0 Å². The van der Waals surface area contributed by atoms with Gasteiger partial charge in [-0.3, -0.25) is 10.1 Å². The Labute approximate surface area is 126 Å². The number of aliphatic hydroxyl groups is 1. The first-order valence-electron chi connectivity index (χ1n) is 6.41. The second kappa shape index (κ2) is 6.56. The molecule has 1 atom stereocenters. The molecule has 2 aromatic carbocycles. The van der Waals surface area contributed by atoms with Crippen LogP contribution in [0.15, 0.2) is 42.5 Å².